The van der Waals surface area contributed by atoms with Crippen LogP contribution in [0.25, 0.3) is 0 Å². The van der Waals surface area contributed by atoms with Crippen LogP contribution in [0.3, 0.4) is 0 Å². The lowest BCUT2D eigenvalue weighted by Gasteiger charge is -2.14. The Balaban J connectivity index is 4.79. The Hall–Kier alpha value is 1.07. The smallest absolute Gasteiger partial charge is 0.178 e. The van der Waals surface area contributed by atoms with Crippen molar-refractivity contribution >= 4 is 69.5 Å². The molecule has 0 aromatic rings. The summed E-state index contributed by atoms with van der Waals surface area (Å²) in [5.74, 6) is -0.0119. The molecule has 0 bridgehead atoms. The van der Waals surface area contributed by atoms with E-state index in [1.165, 1.54) is 0 Å². The molecule has 0 aromatic carbocycles. The molecule has 0 saturated heterocycles. The van der Waals surface area contributed by atoms with Gasteiger partial charge >= 0.3 is 0 Å². The van der Waals surface area contributed by atoms with Crippen LogP contribution in [0, 0.1) is 0 Å². The van der Waals surface area contributed by atoms with Gasteiger partial charge in [-0.05, 0) is 31.6 Å². The zero-order chi connectivity index (χ0) is 11.4. The lowest BCUT2D eigenvalue weighted by Crippen LogP contribution is -2.08. The molecule has 0 amide bonds. The molecule has 0 spiro atoms. The van der Waals surface area contributed by atoms with Crippen molar-refractivity contribution in [2.45, 2.75) is 16.0 Å². The van der Waals surface area contributed by atoms with E-state index in [1.807, 2.05) is 13.8 Å². The van der Waals surface area contributed by atoms with E-state index in [0.717, 1.165) is 11.1 Å². The molecule has 0 radical (unpaired) electrons. The molecule has 0 rings (SSSR count). The van der Waals surface area contributed by atoms with Crippen molar-refractivity contribution in [1.29, 1.82) is 0 Å². The number of rotatable bonds is 3. The highest BCUT2D eigenvalue weighted by Gasteiger charge is 2.23. The topological polar surface area (TPSA) is 17.1 Å². The number of halogens is 4. The largest absolute Gasteiger partial charge is 0.290 e. The highest BCUT2D eigenvalue weighted by Crippen LogP contribution is 2.41. The quantitative estimate of drug-likeness (QED) is 0.448. The maximum atomic E-state index is 11.4. The minimum atomic E-state index is -0.512. The molecule has 5 heteroatoms. The van der Waals surface area contributed by atoms with Crippen LogP contribution in [-0.4, -0.2) is 13.3 Å². The molecule has 0 aromatic heterocycles. The van der Waals surface area contributed by atoms with Crippen LogP contribution in [0.15, 0.2) is 23.3 Å². The van der Waals surface area contributed by atoms with E-state index in [-0.39, 0.29) is 5.78 Å². The number of allylic oxidation sites excluding steroid dienone is 4. The van der Waals surface area contributed by atoms with Crippen molar-refractivity contribution in [1.82, 2.24) is 0 Å². The minimum Gasteiger partial charge on any atom is -0.290 e. The standard InChI is InChI=1S/C9H10Br4O/c1-6(2)3-8(14)4-7(5-10)9(11,12)13/h3-4H,5H2,1-2H3. The molecule has 14 heavy (non-hydrogen) atoms. The first-order chi connectivity index (χ1) is 6.27. The van der Waals surface area contributed by atoms with Crippen molar-refractivity contribution < 1.29 is 4.79 Å². The number of hydrogen-bond acceptors (Lipinski definition) is 1. The second-order valence-electron chi connectivity index (χ2n) is 2.93. The van der Waals surface area contributed by atoms with E-state index in [9.17, 15) is 4.79 Å². The minimum absolute atomic E-state index is 0.0119. The average molecular weight is 454 g/mol. The number of alkyl halides is 4. The number of carbonyl (C=O) groups is 1. The number of ketones is 1. The predicted molar refractivity (Wildman–Crippen MR) is 75.8 cm³/mol. The Morgan fingerprint density at radius 3 is 2.00 bits per heavy atom. The van der Waals surface area contributed by atoms with Gasteiger partial charge in [0.05, 0.1) is 0 Å². The van der Waals surface area contributed by atoms with Gasteiger partial charge in [0, 0.05) is 5.33 Å². The molecule has 0 unspecified atom stereocenters. The van der Waals surface area contributed by atoms with Crippen molar-refractivity contribution in [3.8, 4) is 0 Å². The summed E-state index contributed by atoms with van der Waals surface area (Å²) in [6.07, 6.45) is 3.18. The van der Waals surface area contributed by atoms with Crippen molar-refractivity contribution in [3.63, 3.8) is 0 Å². The van der Waals surface area contributed by atoms with E-state index in [4.69, 9.17) is 0 Å². The van der Waals surface area contributed by atoms with Crippen molar-refractivity contribution in [2.75, 3.05) is 5.33 Å². The van der Waals surface area contributed by atoms with E-state index in [1.54, 1.807) is 12.2 Å². The van der Waals surface area contributed by atoms with Crippen molar-refractivity contribution in [3.05, 3.63) is 23.3 Å². The molecule has 0 fully saturated rings. The van der Waals surface area contributed by atoms with Gasteiger partial charge in [-0.2, -0.15) is 0 Å². The van der Waals surface area contributed by atoms with Gasteiger partial charge in [-0.15, -0.1) is 0 Å². The molecule has 0 heterocycles. The predicted octanol–water partition coefficient (Wildman–Crippen LogP) is 4.68. The SMILES string of the molecule is CC(C)=CC(=O)C=C(CBr)C(Br)(Br)Br. The molecule has 80 valence electrons. The number of carbonyl (C=O) groups excluding carboxylic acids is 1. The summed E-state index contributed by atoms with van der Waals surface area (Å²) in [6, 6.07) is 0. The molecule has 0 aliphatic heterocycles. The average Bonchev–Trinajstić information content (AvgIpc) is 1.96. The molecule has 0 aliphatic carbocycles. The van der Waals surface area contributed by atoms with Gasteiger partial charge in [0.15, 0.2) is 7.93 Å². The second-order valence-corrected chi connectivity index (χ2v) is 10.2. The Morgan fingerprint density at radius 1 is 1.21 bits per heavy atom. The first-order valence-corrected chi connectivity index (χ1v) is 7.30. The van der Waals surface area contributed by atoms with E-state index in [2.05, 4.69) is 63.7 Å². The highest BCUT2D eigenvalue weighted by atomic mass is 80.0. The van der Waals surface area contributed by atoms with E-state index >= 15 is 0 Å². The van der Waals surface area contributed by atoms with Crippen LogP contribution in [0.1, 0.15) is 13.8 Å². The summed E-state index contributed by atoms with van der Waals surface area (Å²) >= 11 is 13.4. The van der Waals surface area contributed by atoms with Crippen LogP contribution in [-0.2, 0) is 4.79 Å². The normalized spacial score (nSPS) is 12.6. The second kappa shape index (κ2) is 6.61. The summed E-state index contributed by atoms with van der Waals surface area (Å²) < 4.78 is -0.512. The highest BCUT2D eigenvalue weighted by molar-refractivity contribution is 9.39. The van der Waals surface area contributed by atoms with Gasteiger partial charge < -0.3 is 0 Å². The molecule has 0 atom stereocenters. The van der Waals surface area contributed by atoms with Crippen LogP contribution in [0.5, 0.6) is 0 Å². The zero-order valence-corrected chi connectivity index (χ0v) is 14.1. The zero-order valence-electron chi connectivity index (χ0n) is 7.78. The molecular weight excluding hydrogens is 444 g/mol. The summed E-state index contributed by atoms with van der Waals surface area (Å²) in [6.45, 7) is 3.78. The van der Waals surface area contributed by atoms with Gasteiger partial charge in [0.1, 0.15) is 0 Å². The molecular formula is C9H10Br4O. The Kier molecular flexibility index (Phi) is 7.11. The Bertz CT molecular complexity index is 269. The van der Waals surface area contributed by atoms with Crippen LogP contribution in [0.4, 0.5) is 0 Å². The fourth-order valence-electron chi connectivity index (χ4n) is 0.694. The number of hydrogen-bond donors (Lipinski definition) is 0. The molecule has 1 nitrogen and oxygen atoms in total. The third-order valence-electron chi connectivity index (χ3n) is 1.26. The maximum absolute atomic E-state index is 11.4. The van der Waals surface area contributed by atoms with Crippen LogP contribution >= 0.6 is 63.7 Å². The third kappa shape index (κ3) is 6.53. The molecule has 0 N–H and O–H groups in total. The first kappa shape index (κ1) is 15.1. The Labute approximate surface area is 118 Å². The third-order valence-corrected chi connectivity index (χ3v) is 3.39. The van der Waals surface area contributed by atoms with Gasteiger partial charge in [0.25, 0.3) is 0 Å². The summed E-state index contributed by atoms with van der Waals surface area (Å²) in [5, 5.41) is 0.608. The monoisotopic (exact) mass is 450 g/mol. The lowest BCUT2D eigenvalue weighted by atomic mass is 10.2. The maximum Gasteiger partial charge on any atom is 0.178 e. The summed E-state index contributed by atoms with van der Waals surface area (Å²) in [7, 11) is 0. The summed E-state index contributed by atoms with van der Waals surface area (Å²) in [4.78, 5) is 11.4. The fourth-order valence-corrected chi connectivity index (χ4v) is 3.17. The van der Waals surface area contributed by atoms with Crippen LogP contribution < -0.4 is 0 Å². The summed E-state index contributed by atoms with van der Waals surface area (Å²) in [5.41, 5.74) is 1.87. The van der Waals surface area contributed by atoms with Crippen LogP contribution in [0.2, 0.25) is 0 Å². The van der Waals surface area contributed by atoms with Crippen molar-refractivity contribution in [2.24, 2.45) is 0 Å². The fraction of sp³-hybridized carbons (Fsp3) is 0.444. The van der Waals surface area contributed by atoms with Gasteiger partial charge in [-0.3, -0.25) is 4.79 Å². The van der Waals surface area contributed by atoms with Gasteiger partial charge in [-0.25, -0.2) is 0 Å². The lowest BCUT2D eigenvalue weighted by molar-refractivity contribution is -0.110. The Morgan fingerprint density at radius 2 is 1.71 bits per heavy atom. The molecule has 0 saturated carbocycles. The molecule has 0 aliphatic rings. The first-order valence-electron chi connectivity index (χ1n) is 3.80. The van der Waals surface area contributed by atoms with Gasteiger partial charge in [-0.1, -0.05) is 69.3 Å². The van der Waals surface area contributed by atoms with E-state index in [0.29, 0.717) is 5.33 Å². The van der Waals surface area contributed by atoms with E-state index < -0.39 is 2.14 Å². The van der Waals surface area contributed by atoms with Gasteiger partial charge in [0.2, 0.25) is 0 Å².